The minimum absolute atomic E-state index is 0.489. The molecule has 14 heavy (non-hydrogen) atoms. The highest BCUT2D eigenvalue weighted by atomic mass is 32.1. The Morgan fingerprint density at radius 3 is 3.29 bits per heavy atom. The van der Waals surface area contributed by atoms with Crippen LogP contribution >= 0.6 is 11.3 Å². The Morgan fingerprint density at radius 1 is 1.71 bits per heavy atom. The van der Waals surface area contributed by atoms with E-state index in [4.69, 9.17) is 10.00 Å². The molecule has 4 heteroatoms. The van der Waals surface area contributed by atoms with Crippen LogP contribution in [0.2, 0.25) is 0 Å². The molecular weight excluding hydrogens is 196 g/mol. The third kappa shape index (κ3) is 2.32. The number of hydrogen-bond donors (Lipinski definition) is 1. The highest BCUT2D eigenvalue weighted by Crippen LogP contribution is 2.14. The van der Waals surface area contributed by atoms with Gasteiger partial charge >= 0.3 is 0 Å². The Hall–Kier alpha value is -0.890. The Kier molecular flexibility index (Phi) is 3.14. The first kappa shape index (κ1) is 9.66. The van der Waals surface area contributed by atoms with Crippen LogP contribution in [0.25, 0.3) is 0 Å². The summed E-state index contributed by atoms with van der Waals surface area (Å²) in [6, 6.07) is 4.56. The van der Waals surface area contributed by atoms with Gasteiger partial charge in [-0.3, -0.25) is 0 Å². The van der Waals surface area contributed by atoms with E-state index in [2.05, 4.69) is 11.4 Å². The van der Waals surface area contributed by atoms with Crippen molar-refractivity contribution in [2.45, 2.75) is 19.0 Å². The molecule has 0 aromatic carbocycles. The zero-order valence-corrected chi connectivity index (χ0v) is 8.64. The van der Waals surface area contributed by atoms with Gasteiger partial charge in [-0.25, -0.2) is 0 Å². The van der Waals surface area contributed by atoms with Crippen molar-refractivity contribution in [3.8, 4) is 6.07 Å². The van der Waals surface area contributed by atoms with E-state index in [1.807, 2.05) is 11.4 Å². The lowest BCUT2D eigenvalue weighted by atomic mass is 10.2. The molecule has 1 atom stereocenters. The molecule has 2 rings (SSSR count). The highest BCUT2D eigenvalue weighted by molar-refractivity contribution is 7.10. The standard InChI is InChI=1S/C10H12N2OS/c11-4-8-3-10(14-7-8)5-12-9-1-2-13-6-9/h3,7,9,12H,1-2,5-6H2. The number of nitrogens with one attached hydrogen (secondary N) is 1. The average molecular weight is 208 g/mol. The van der Waals surface area contributed by atoms with Gasteiger partial charge in [-0.2, -0.15) is 5.26 Å². The molecule has 2 heterocycles. The maximum atomic E-state index is 8.65. The molecule has 1 fully saturated rings. The normalized spacial score (nSPS) is 20.9. The SMILES string of the molecule is N#Cc1csc(CNC2CCOC2)c1. The summed E-state index contributed by atoms with van der Waals surface area (Å²) in [6.07, 6.45) is 1.09. The molecular formula is C10H12N2OS. The summed E-state index contributed by atoms with van der Waals surface area (Å²) in [5, 5.41) is 13.9. The van der Waals surface area contributed by atoms with Gasteiger partial charge < -0.3 is 10.1 Å². The molecule has 1 saturated heterocycles. The van der Waals surface area contributed by atoms with Crippen LogP contribution < -0.4 is 5.32 Å². The summed E-state index contributed by atoms with van der Waals surface area (Å²) in [7, 11) is 0. The lowest BCUT2D eigenvalue weighted by Gasteiger charge is -2.08. The fourth-order valence-electron chi connectivity index (χ4n) is 1.47. The van der Waals surface area contributed by atoms with Crippen molar-refractivity contribution in [2.24, 2.45) is 0 Å². The lowest BCUT2D eigenvalue weighted by molar-refractivity contribution is 0.190. The van der Waals surface area contributed by atoms with Crippen molar-refractivity contribution < 1.29 is 4.74 Å². The summed E-state index contributed by atoms with van der Waals surface area (Å²) in [5.41, 5.74) is 0.759. The van der Waals surface area contributed by atoms with E-state index in [1.165, 1.54) is 4.88 Å². The molecule has 0 spiro atoms. The van der Waals surface area contributed by atoms with E-state index in [1.54, 1.807) is 11.3 Å². The van der Waals surface area contributed by atoms with Crippen LogP contribution in [-0.2, 0) is 11.3 Å². The molecule has 0 amide bonds. The van der Waals surface area contributed by atoms with Crippen LogP contribution in [0.3, 0.4) is 0 Å². The molecule has 1 aliphatic heterocycles. The van der Waals surface area contributed by atoms with Crippen LogP contribution in [-0.4, -0.2) is 19.3 Å². The molecule has 74 valence electrons. The minimum atomic E-state index is 0.489. The first-order valence-corrected chi connectivity index (χ1v) is 5.55. The number of nitrogens with zero attached hydrogens (tertiary/aromatic N) is 1. The summed E-state index contributed by atoms with van der Waals surface area (Å²) in [6.45, 7) is 2.53. The van der Waals surface area contributed by atoms with Crippen molar-refractivity contribution in [1.29, 1.82) is 5.26 Å². The summed E-state index contributed by atoms with van der Waals surface area (Å²) in [4.78, 5) is 1.22. The zero-order chi connectivity index (χ0) is 9.80. The Labute approximate surface area is 87.3 Å². The van der Waals surface area contributed by atoms with E-state index in [-0.39, 0.29) is 0 Å². The van der Waals surface area contributed by atoms with Crippen molar-refractivity contribution in [3.05, 3.63) is 21.9 Å². The monoisotopic (exact) mass is 208 g/mol. The number of rotatable bonds is 3. The second-order valence-electron chi connectivity index (χ2n) is 3.35. The van der Waals surface area contributed by atoms with E-state index in [9.17, 15) is 0 Å². The zero-order valence-electron chi connectivity index (χ0n) is 7.82. The van der Waals surface area contributed by atoms with Gasteiger partial charge in [-0.1, -0.05) is 0 Å². The Bertz CT molecular complexity index is 336. The summed E-state index contributed by atoms with van der Waals surface area (Å²) in [5.74, 6) is 0. The van der Waals surface area contributed by atoms with Gasteiger partial charge in [0.25, 0.3) is 0 Å². The fourth-order valence-corrected chi connectivity index (χ4v) is 2.23. The predicted molar refractivity (Wildman–Crippen MR) is 55.1 cm³/mol. The van der Waals surface area contributed by atoms with Crippen LogP contribution in [0.4, 0.5) is 0 Å². The first-order chi connectivity index (χ1) is 6.88. The van der Waals surface area contributed by atoms with Gasteiger partial charge in [0.15, 0.2) is 0 Å². The van der Waals surface area contributed by atoms with E-state index in [0.717, 1.165) is 31.7 Å². The molecule has 0 saturated carbocycles. The van der Waals surface area contributed by atoms with Crippen molar-refractivity contribution in [3.63, 3.8) is 0 Å². The molecule has 1 aliphatic rings. The predicted octanol–water partition coefficient (Wildman–Crippen LogP) is 1.50. The Morgan fingerprint density at radius 2 is 2.64 bits per heavy atom. The highest BCUT2D eigenvalue weighted by Gasteiger charge is 2.14. The van der Waals surface area contributed by atoms with Crippen LogP contribution in [0.5, 0.6) is 0 Å². The topological polar surface area (TPSA) is 45.0 Å². The molecule has 0 bridgehead atoms. The van der Waals surface area contributed by atoms with Gasteiger partial charge in [0, 0.05) is 29.5 Å². The quantitative estimate of drug-likeness (QED) is 0.818. The molecule has 1 aromatic rings. The maximum absolute atomic E-state index is 8.65. The van der Waals surface area contributed by atoms with Gasteiger partial charge in [-0.05, 0) is 12.5 Å². The lowest BCUT2D eigenvalue weighted by Crippen LogP contribution is -2.28. The minimum Gasteiger partial charge on any atom is -0.380 e. The molecule has 1 N–H and O–H groups in total. The number of ether oxygens (including phenoxy) is 1. The number of nitriles is 1. The summed E-state index contributed by atoms with van der Waals surface area (Å²) >= 11 is 1.63. The third-order valence-corrected chi connectivity index (χ3v) is 3.21. The molecule has 1 aromatic heterocycles. The second kappa shape index (κ2) is 4.56. The van der Waals surface area contributed by atoms with E-state index >= 15 is 0 Å². The van der Waals surface area contributed by atoms with Gasteiger partial charge in [-0.15, -0.1) is 11.3 Å². The van der Waals surface area contributed by atoms with E-state index in [0.29, 0.717) is 6.04 Å². The van der Waals surface area contributed by atoms with Gasteiger partial charge in [0.05, 0.1) is 12.2 Å². The number of hydrogen-bond acceptors (Lipinski definition) is 4. The van der Waals surface area contributed by atoms with Crippen molar-refractivity contribution in [1.82, 2.24) is 5.32 Å². The van der Waals surface area contributed by atoms with Crippen LogP contribution in [0.15, 0.2) is 11.4 Å². The number of thiophene rings is 1. The molecule has 0 radical (unpaired) electrons. The second-order valence-corrected chi connectivity index (χ2v) is 4.35. The van der Waals surface area contributed by atoms with E-state index < -0.39 is 0 Å². The molecule has 0 aliphatic carbocycles. The third-order valence-electron chi connectivity index (χ3n) is 2.28. The smallest absolute Gasteiger partial charge is 0.100 e. The van der Waals surface area contributed by atoms with Crippen molar-refractivity contribution in [2.75, 3.05) is 13.2 Å². The van der Waals surface area contributed by atoms with Crippen molar-refractivity contribution >= 4 is 11.3 Å². The fraction of sp³-hybridized carbons (Fsp3) is 0.500. The molecule has 1 unspecified atom stereocenters. The van der Waals surface area contributed by atoms with Gasteiger partial charge in [0.1, 0.15) is 6.07 Å². The average Bonchev–Trinajstić information content (AvgIpc) is 2.86. The largest absolute Gasteiger partial charge is 0.380 e. The summed E-state index contributed by atoms with van der Waals surface area (Å²) < 4.78 is 5.26. The maximum Gasteiger partial charge on any atom is 0.100 e. The van der Waals surface area contributed by atoms with Gasteiger partial charge in [0.2, 0.25) is 0 Å². The molecule has 3 nitrogen and oxygen atoms in total. The van der Waals surface area contributed by atoms with Crippen LogP contribution in [0, 0.1) is 11.3 Å². The van der Waals surface area contributed by atoms with Crippen LogP contribution in [0.1, 0.15) is 16.9 Å². The first-order valence-electron chi connectivity index (χ1n) is 4.67. The Balaban J connectivity index is 1.82.